The van der Waals surface area contributed by atoms with E-state index >= 15 is 0 Å². The van der Waals surface area contributed by atoms with E-state index in [1.807, 2.05) is 11.0 Å². The summed E-state index contributed by atoms with van der Waals surface area (Å²) in [6.45, 7) is 1.04. The smallest absolute Gasteiger partial charge is 0.419 e. The number of rotatable bonds is 2. The lowest BCUT2D eigenvalue weighted by atomic mass is 10.1. The van der Waals surface area contributed by atoms with E-state index < -0.39 is 17.8 Å². The molecule has 0 bridgehead atoms. The van der Waals surface area contributed by atoms with Crippen molar-refractivity contribution in [3.05, 3.63) is 66.9 Å². The monoisotopic (exact) mass is 429 g/mol. The van der Waals surface area contributed by atoms with Gasteiger partial charge in [-0.3, -0.25) is 0 Å². The molecule has 5 rings (SSSR count). The van der Waals surface area contributed by atoms with E-state index in [0.717, 1.165) is 23.6 Å². The Bertz CT molecular complexity index is 1090. The van der Waals surface area contributed by atoms with Crippen LogP contribution in [-0.4, -0.2) is 45.9 Å². The van der Waals surface area contributed by atoms with Crippen LogP contribution in [0.25, 0.3) is 0 Å². The first-order valence-corrected chi connectivity index (χ1v) is 9.75. The minimum atomic E-state index is -4.38. The van der Waals surface area contributed by atoms with Crippen molar-refractivity contribution in [3.8, 4) is 0 Å². The van der Waals surface area contributed by atoms with E-state index in [1.54, 1.807) is 12.3 Å². The van der Waals surface area contributed by atoms with Gasteiger partial charge >= 0.3 is 12.3 Å². The van der Waals surface area contributed by atoms with Crippen LogP contribution in [0, 0.1) is 0 Å². The van der Waals surface area contributed by atoms with Crippen LogP contribution in [0.2, 0.25) is 0 Å². The Balaban J connectivity index is 1.39. The molecule has 0 saturated carbocycles. The zero-order valence-corrected chi connectivity index (χ0v) is 16.2. The second kappa shape index (κ2) is 7.29. The van der Waals surface area contributed by atoms with Gasteiger partial charge in [0.15, 0.2) is 5.82 Å². The number of pyridine rings is 1. The molecular formula is C21H18F3N5O2. The number of anilines is 3. The van der Waals surface area contributed by atoms with Gasteiger partial charge in [0.05, 0.1) is 23.8 Å². The molecule has 10 heteroatoms. The summed E-state index contributed by atoms with van der Waals surface area (Å²) in [5, 5.41) is 0. The largest absolute Gasteiger partial charge is 0.444 e. The van der Waals surface area contributed by atoms with Crippen LogP contribution in [-0.2, 0) is 10.9 Å². The van der Waals surface area contributed by atoms with Gasteiger partial charge in [-0.05, 0) is 36.4 Å². The molecule has 0 spiro atoms. The van der Waals surface area contributed by atoms with Crippen molar-refractivity contribution in [2.24, 2.45) is 0 Å². The molecule has 0 N–H and O–H groups in total. The summed E-state index contributed by atoms with van der Waals surface area (Å²) >= 11 is 0. The molecule has 0 radical (unpaired) electrons. The van der Waals surface area contributed by atoms with Gasteiger partial charge in [-0.1, -0.05) is 0 Å². The number of ether oxygens (including phenoxy) is 1. The fourth-order valence-electron chi connectivity index (χ4n) is 4.17. The molecule has 1 saturated heterocycles. The van der Waals surface area contributed by atoms with Crippen LogP contribution in [0.3, 0.4) is 0 Å². The van der Waals surface area contributed by atoms with Crippen LogP contribution < -0.4 is 9.80 Å². The lowest BCUT2D eigenvalue weighted by Gasteiger charge is -2.40. The van der Waals surface area contributed by atoms with Gasteiger partial charge in [0.2, 0.25) is 0 Å². The summed E-state index contributed by atoms with van der Waals surface area (Å²) in [6.07, 6.45) is 1.47. The average molecular weight is 429 g/mol. The Morgan fingerprint density at radius 1 is 1.10 bits per heavy atom. The van der Waals surface area contributed by atoms with Crippen molar-refractivity contribution in [1.82, 2.24) is 14.5 Å². The Kier molecular flexibility index (Phi) is 4.57. The van der Waals surface area contributed by atoms with Gasteiger partial charge in [0.1, 0.15) is 12.4 Å². The van der Waals surface area contributed by atoms with Crippen LogP contribution in [0.4, 0.5) is 35.2 Å². The number of hydrogen-bond donors (Lipinski definition) is 0. The quantitative estimate of drug-likeness (QED) is 0.612. The second-order valence-electron chi connectivity index (χ2n) is 7.52. The van der Waals surface area contributed by atoms with Gasteiger partial charge in [-0.25, -0.2) is 19.3 Å². The first-order chi connectivity index (χ1) is 14.9. The molecule has 4 heterocycles. The SMILES string of the molecule is O=C(O[C@H]1C[C@@H]2CN(c3ccc(C(F)(F)F)cc3)c3cccnc3N2C1)n1ccnc1. The molecule has 1 aromatic carbocycles. The molecular weight excluding hydrogens is 411 g/mol. The summed E-state index contributed by atoms with van der Waals surface area (Å²) in [4.78, 5) is 24.7. The maximum Gasteiger partial charge on any atom is 0.419 e. The lowest BCUT2D eigenvalue weighted by Crippen LogP contribution is -2.44. The number of alkyl halides is 3. The number of halogens is 3. The third kappa shape index (κ3) is 3.58. The Hall–Kier alpha value is -3.56. The van der Waals surface area contributed by atoms with Gasteiger partial charge in [-0.2, -0.15) is 13.2 Å². The number of carbonyl (C=O) groups is 1. The number of aromatic nitrogens is 3. The van der Waals surface area contributed by atoms with Crippen molar-refractivity contribution < 1.29 is 22.7 Å². The predicted octanol–water partition coefficient (Wildman–Crippen LogP) is 4.08. The van der Waals surface area contributed by atoms with Crippen LogP contribution in [0.1, 0.15) is 12.0 Å². The molecule has 2 atom stereocenters. The van der Waals surface area contributed by atoms with Crippen molar-refractivity contribution >= 4 is 23.3 Å². The average Bonchev–Trinajstić information content (AvgIpc) is 3.42. The third-order valence-electron chi connectivity index (χ3n) is 5.59. The zero-order chi connectivity index (χ0) is 21.6. The highest BCUT2D eigenvalue weighted by Crippen LogP contribution is 2.42. The Morgan fingerprint density at radius 3 is 2.61 bits per heavy atom. The van der Waals surface area contributed by atoms with Crippen LogP contribution >= 0.6 is 0 Å². The third-order valence-corrected chi connectivity index (χ3v) is 5.59. The van der Waals surface area contributed by atoms with Crippen molar-refractivity contribution in [2.45, 2.75) is 24.7 Å². The predicted molar refractivity (Wildman–Crippen MR) is 106 cm³/mol. The van der Waals surface area contributed by atoms with E-state index in [2.05, 4.69) is 14.9 Å². The summed E-state index contributed by atoms with van der Waals surface area (Å²) in [6, 6.07) is 8.81. The molecule has 3 aromatic rings. The fourth-order valence-corrected chi connectivity index (χ4v) is 4.17. The van der Waals surface area contributed by atoms with E-state index in [0.29, 0.717) is 25.2 Å². The van der Waals surface area contributed by atoms with E-state index in [-0.39, 0.29) is 12.1 Å². The first-order valence-electron chi connectivity index (χ1n) is 9.75. The van der Waals surface area contributed by atoms with Gasteiger partial charge in [0, 0.05) is 37.2 Å². The van der Waals surface area contributed by atoms with Gasteiger partial charge in [-0.15, -0.1) is 0 Å². The highest BCUT2D eigenvalue weighted by molar-refractivity contribution is 5.78. The number of benzene rings is 1. The Morgan fingerprint density at radius 2 is 1.90 bits per heavy atom. The summed E-state index contributed by atoms with van der Waals surface area (Å²) in [5.41, 5.74) is 0.773. The summed E-state index contributed by atoms with van der Waals surface area (Å²) < 4.78 is 45.8. The van der Waals surface area contributed by atoms with Crippen molar-refractivity contribution in [1.29, 1.82) is 0 Å². The molecule has 2 aliphatic heterocycles. The van der Waals surface area contributed by atoms with Gasteiger partial charge < -0.3 is 14.5 Å². The van der Waals surface area contributed by atoms with E-state index in [1.165, 1.54) is 35.4 Å². The standard InChI is InChI=1S/C21H18F3N5O2/c22-21(23,24)14-3-5-15(6-4-14)28-11-16-10-17(31-20(30)27-9-8-25-13-27)12-29(16)19-18(28)2-1-7-26-19/h1-9,13,16-17H,10-12H2/t16-,17+/m1/s1. The molecule has 7 nitrogen and oxygen atoms in total. The maximum absolute atomic E-state index is 12.9. The fraction of sp³-hybridized carbons (Fsp3) is 0.286. The number of carbonyl (C=O) groups excluding carboxylic acids is 1. The molecule has 0 amide bonds. The molecule has 0 aliphatic carbocycles. The number of hydrogen-bond acceptors (Lipinski definition) is 6. The molecule has 160 valence electrons. The first kappa shape index (κ1) is 19.4. The zero-order valence-electron chi connectivity index (χ0n) is 16.2. The van der Waals surface area contributed by atoms with Crippen molar-refractivity contribution in [2.75, 3.05) is 22.9 Å². The van der Waals surface area contributed by atoms with E-state index in [9.17, 15) is 18.0 Å². The lowest BCUT2D eigenvalue weighted by molar-refractivity contribution is -0.137. The number of nitrogens with zero attached hydrogens (tertiary/aromatic N) is 5. The number of fused-ring (bicyclic) bond motifs is 3. The minimum absolute atomic E-state index is 0.00489. The summed E-state index contributed by atoms with van der Waals surface area (Å²) in [5.74, 6) is 0.722. The molecule has 0 unspecified atom stereocenters. The van der Waals surface area contributed by atoms with Crippen LogP contribution in [0.15, 0.2) is 61.3 Å². The Labute approximate surface area is 175 Å². The van der Waals surface area contributed by atoms with E-state index in [4.69, 9.17) is 4.74 Å². The maximum atomic E-state index is 12.9. The molecule has 31 heavy (non-hydrogen) atoms. The van der Waals surface area contributed by atoms with Crippen LogP contribution in [0.5, 0.6) is 0 Å². The van der Waals surface area contributed by atoms with Crippen molar-refractivity contribution in [3.63, 3.8) is 0 Å². The highest BCUT2D eigenvalue weighted by Gasteiger charge is 2.41. The second-order valence-corrected chi connectivity index (χ2v) is 7.52. The topological polar surface area (TPSA) is 63.5 Å². The number of imidazole rings is 1. The van der Waals surface area contributed by atoms with Gasteiger partial charge in [0.25, 0.3) is 0 Å². The summed E-state index contributed by atoms with van der Waals surface area (Å²) in [7, 11) is 0. The normalized spacial score (nSPS) is 20.4. The molecule has 1 fully saturated rings. The molecule has 2 aromatic heterocycles. The highest BCUT2D eigenvalue weighted by atomic mass is 19.4. The minimum Gasteiger partial charge on any atom is -0.444 e. The molecule has 2 aliphatic rings.